The molecule has 0 bridgehead atoms. The molecule has 0 aliphatic rings. The quantitative estimate of drug-likeness (QED) is 0.265. The molecule has 0 fully saturated rings. The molecule has 0 aliphatic carbocycles. The molecule has 0 spiro atoms. The molecule has 6 aromatic rings. The van der Waals surface area contributed by atoms with Gasteiger partial charge in [0.15, 0.2) is 0 Å². The van der Waals surface area contributed by atoms with Crippen LogP contribution in [0.15, 0.2) is 72.9 Å². The van der Waals surface area contributed by atoms with Gasteiger partial charge in [0.1, 0.15) is 5.65 Å². The van der Waals surface area contributed by atoms with Crippen LogP contribution < -0.4 is 0 Å². The van der Waals surface area contributed by atoms with Gasteiger partial charge in [-0.3, -0.25) is 9.38 Å². The van der Waals surface area contributed by atoms with E-state index in [9.17, 15) is 0 Å². The standard InChI is InChI=1S/C23H15N3/c1-14-6-4-10-19-21(14)25-23-17-9-5-11-24-22(17)18-12-15-7-2-3-8-16(15)13-20(18)26(19)23/h2-13H,1H3. The number of hydrogen-bond acceptors (Lipinski definition) is 2. The molecule has 26 heavy (non-hydrogen) atoms. The highest BCUT2D eigenvalue weighted by Gasteiger charge is 2.15. The van der Waals surface area contributed by atoms with Crippen LogP contribution in [0.2, 0.25) is 0 Å². The number of benzene rings is 3. The first kappa shape index (κ1) is 13.8. The Balaban J connectivity index is 2.02. The minimum absolute atomic E-state index is 0.972. The summed E-state index contributed by atoms with van der Waals surface area (Å²) in [5.41, 5.74) is 6.52. The third-order valence-corrected chi connectivity index (χ3v) is 5.30. The Morgan fingerprint density at radius 1 is 0.731 bits per heavy atom. The molecular weight excluding hydrogens is 318 g/mol. The van der Waals surface area contributed by atoms with Crippen molar-refractivity contribution in [3.63, 3.8) is 0 Å². The Hall–Kier alpha value is -3.46. The summed E-state index contributed by atoms with van der Waals surface area (Å²) in [7, 11) is 0. The largest absolute Gasteiger partial charge is 0.292 e. The number of aryl methyl sites for hydroxylation is 1. The van der Waals surface area contributed by atoms with E-state index >= 15 is 0 Å². The summed E-state index contributed by atoms with van der Waals surface area (Å²) < 4.78 is 2.29. The summed E-state index contributed by atoms with van der Waals surface area (Å²) in [5.74, 6) is 0. The second-order valence-corrected chi connectivity index (χ2v) is 6.83. The van der Waals surface area contributed by atoms with Gasteiger partial charge in [-0.15, -0.1) is 0 Å². The van der Waals surface area contributed by atoms with Gasteiger partial charge in [-0.2, -0.15) is 0 Å². The van der Waals surface area contributed by atoms with E-state index in [1.165, 1.54) is 16.3 Å². The monoisotopic (exact) mass is 333 g/mol. The second-order valence-electron chi connectivity index (χ2n) is 6.83. The summed E-state index contributed by atoms with van der Waals surface area (Å²) in [6.45, 7) is 2.12. The van der Waals surface area contributed by atoms with Crippen LogP contribution in [0.1, 0.15) is 5.56 Å². The summed E-state index contributed by atoms with van der Waals surface area (Å²) >= 11 is 0. The van der Waals surface area contributed by atoms with E-state index in [0.29, 0.717) is 0 Å². The SMILES string of the molecule is Cc1cccc2c1nc1c3cccnc3c3cc4ccccc4cc3n21. The zero-order chi connectivity index (χ0) is 17.3. The minimum atomic E-state index is 0.972. The molecule has 3 heteroatoms. The molecule has 0 amide bonds. The molecule has 3 aromatic heterocycles. The third kappa shape index (κ3) is 1.67. The highest BCUT2D eigenvalue weighted by Crippen LogP contribution is 2.34. The van der Waals surface area contributed by atoms with E-state index in [1.54, 1.807) is 0 Å². The predicted molar refractivity (Wildman–Crippen MR) is 108 cm³/mol. The lowest BCUT2D eigenvalue weighted by molar-refractivity contribution is 1.30. The molecule has 3 heterocycles. The lowest BCUT2D eigenvalue weighted by Crippen LogP contribution is -1.93. The van der Waals surface area contributed by atoms with Crippen molar-refractivity contribution in [1.29, 1.82) is 0 Å². The van der Waals surface area contributed by atoms with Crippen LogP contribution in [-0.2, 0) is 0 Å². The number of aromatic nitrogens is 3. The molecule has 0 saturated heterocycles. The molecule has 0 radical (unpaired) electrons. The number of hydrogen-bond donors (Lipinski definition) is 0. The smallest absolute Gasteiger partial charge is 0.147 e. The van der Waals surface area contributed by atoms with Crippen molar-refractivity contribution in [2.24, 2.45) is 0 Å². The van der Waals surface area contributed by atoms with Gasteiger partial charge < -0.3 is 0 Å². The average molecular weight is 333 g/mol. The topological polar surface area (TPSA) is 30.2 Å². The Kier molecular flexibility index (Phi) is 2.54. The molecule has 122 valence electrons. The molecule has 0 atom stereocenters. The lowest BCUT2D eigenvalue weighted by Gasteiger charge is -2.10. The van der Waals surface area contributed by atoms with Gasteiger partial charge in [-0.05, 0) is 53.6 Å². The van der Waals surface area contributed by atoms with Crippen molar-refractivity contribution in [1.82, 2.24) is 14.4 Å². The molecule has 0 N–H and O–H groups in total. The number of imidazole rings is 1. The zero-order valence-electron chi connectivity index (χ0n) is 14.3. The third-order valence-electron chi connectivity index (χ3n) is 5.30. The number of fused-ring (bicyclic) bond motifs is 9. The highest BCUT2D eigenvalue weighted by atomic mass is 15.0. The van der Waals surface area contributed by atoms with Gasteiger partial charge in [-0.1, -0.05) is 36.4 Å². The number of rotatable bonds is 0. The maximum absolute atomic E-state index is 5.00. The fourth-order valence-electron chi connectivity index (χ4n) is 4.07. The van der Waals surface area contributed by atoms with Crippen LogP contribution in [0, 0.1) is 6.92 Å². The van der Waals surface area contributed by atoms with Crippen molar-refractivity contribution in [2.45, 2.75) is 6.92 Å². The van der Waals surface area contributed by atoms with E-state index in [0.717, 1.165) is 38.5 Å². The van der Waals surface area contributed by atoms with Crippen molar-refractivity contribution in [2.75, 3.05) is 0 Å². The van der Waals surface area contributed by atoms with Crippen molar-refractivity contribution in [3.8, 4) is 0 Å². The van der Waals surface area contributed by atoms with E-state index in [-0.39, 0.29) is 0 Å². The van der Waals surface area contributed by atoms with Gasteiger partial charge in [0.25, 0.3) is 0 Å². The van der Waals surface area contributed by atoms with Gasteiger partial charge in [0, 0.05) is 17.0 Å². The number of pyridine rings is 2. The predicted octanol–water partition coefficient (Wildman–Crippen LogP) is 5.65. The fraction of sp³-hybridized carbons (Fsp3) is 0.0435. The van der Waals surface area contributed by atoms with Crippen LogP contribution in [0.25, 0.3) is 49.3 Å². The Morgan fingerprint density at radius 2 is 1.58 bits per heavy atom. The second kappa shape index (κ2) is 4.79. The molecule has 0 aliphatic heterocycles. The highest BCUT2D eigenvalue weighted by molar-refractivity contribution is 6.15. The summed E-state index contributed by atoms with van der Waals surface area (Å²) in [5, 5.41) is 4.71. The molecule has 3 nitrogen and oxygen atoms in total. The molecule has 6 rings (SSSR count). The van der Waals surface area contributed by atoms with Crippen LogP contribution in [0.4, 0.5) is 0 Å². The Morgan fingerprint density at radius 3 is 2.46 bits per heavy atom. The van der Waals surface area contributed by atoms with E-state index in [4.69, 9.17) is 9.97 Å². The normalized spacial score (nSPS) is 12.0. The van der Waals surface area contributed by atoms with Crippen LogP contribution in [-0.4, -0.2) is 14.4 Å². The summed E-state index contributed by atoms with van der Waals surface area (Å²) in [6.07, 6.45) is 1.86. The maximum atomic E-state index is 5.00. The molecule has 0 unspecified atom stereocenters. The number of para-hydroxylation sites is 1. The lowest BCUT2D eigenvalue weighted by atomic mass is 10.0. The Bertz CT molecular complexity index is 1490. The van der Waals surface area contributed by atoms with Gasteiger partial charge in [0.05, 0.1) is 22.1 Å². The van der Waals surface area contributed by atoms with Crippen molar-refractivity contribution in [3.05, 3.63) is 78.5 Å². The van der Waals surface area contributed by atoms with Crippen molar-refractivity contribution >= 4 is 49.3 Å². The van der Waals surface area contributed by atoms with Crippen LogP contribution in [0.3, 0.4) is 0 Å². The maximum Gasteiger partial charge on any atom is 0.147 e. The van der Waals surface area contributed by atoms with Gasteiger partial charge in [0.2, 0.25) is 0 Å². The van der Waals surface area contributed by atoms with Crippen molar-refractivity contribution < 1.29 is 0 Å². The zero-order valence-corrected chi connectivity index (χ0v) is 14.3. The molecular formula is C23H15N3. The summed E-state index contributed by atoms with van der Waals surface area (Å²) in [4.78, 5) is 9.70. The molecule has 0 saturated carbocycles. The number of nitrogens with zero attached hydrogens (tertiary/aromatic N) is 3. The minimum Gasteiger partial charge on any atom is -0.292 e. The van der Waals surface area contributed by atoms with Gasteiger partial charge >= 0.3 is 0 Å². The van der Waals surface area contributed by atoms with E-state index < -0.39 is 0 Å². The Labute approximate surface area is 149 Å². The fourth-order valence-corrected chi connectivity index (χ4v) is 4.07. The molecule has 3 aromatic carbocycles. The van der Waals surface area contributed by atoms with E-state index in [1.807, 2.05) is 12.3 Å². The van der Waals surface area contributed by atoms with E-state index in [2.05, 4.69) is 72.0 Å². The van der Waals surface area contributed by atoms with Gasteiger partial charge in [-0.25, -0.2) is 4.98 Å². The summed E-state index contributed by atoms with van der Waals surface area (Å²) in [6, 6.07) is 23.5. The first-order valence-corrected chi connectivity index (χ1v) is 8.78. The first-order valence-electron chi connectivity index (χ1n) is 8.78. The first-order chi connectivity index (χ1) is 12.8. The average Bonchev–Trinajstić information content (AvgIpc) is 3.08. The van der Waals surface area contributed by atoms with Crippen LogP contribution in [0.5, 0.6) is 0 Å². The van der Waals surface area contributed by atoms with Crippen LogP contribution >= 0.6 is 0 Å².